The summed E-state index contributed by atoms with van der Waals surface area (Å²) in [6.07, 6.45) is 4.67. The molecule has 2 aromatic heterocycles. The number of fused-ring (bicyclic) bond motifs is 1. The van der Waals surface area contributed by atoms with Crippen molar-refractivity contribution in [1.82, 2.24) is 19.0 Å². The molecule has 1 atom stereocenters. The van der Waals surface area contributed by atoms with Gasteiger partial charge in [-0.1, -0.05) is 13.3 Å². The van der Waals surface area contributed by atoms with Crippen LogP contribution in [0.5, 0.6) is 0 Å². The number of nitrogens with zero attached hydrogens (tertiary/aromatic N) is 4. The predicted molar refractivity (Wildman–Crippen MR) is 91.1 cm³/mol. The van der Waals surface area contributed by atoms with Gasteiger partial charge in [0.05, 0.1) is 10.9 Å². The van der Waals surface area contributed by atoms with Crippen molar-refractivity contribution in [2.75, 3.05) is 13.1 Å². The lowest BCUT2D eigenvalue weighted by atomic mass is 9.95. The largest absolute Gasteiger partial charge is 0.338 e. The topological polar surface area (TPSA) is 77.2 Å². The van der Waals surface area contributed by atoms with E-state index in [4.69, 9.17) is 0 Å². The average molecular weight is 330 g/mol. The molecule has 7 nitrogen and oxygen atoms in total. The SMILES string of the molecule is CCC1CCCN(C(=O)c2cnc3c(c2)c(=O)n(C)c(=O)n3C)C1. The van der Waals surface area contributed by atoms with Crippen LogP contribution in [-0.4, -0.2) is 38.0 Å². The van der Waals surface area contributed by atoms with Crippen LogP contribution in [0.1, 0.15) is 36.5 Å². The van der Waals surface area contributed by atoms with Gasteiger partial charge in [0, 0.05) is 33.4 Å². The van der Waals surface area contributed by atoms with E-state index >= 15 is 0 Å². The summed E-state index contributed by atoms with van der Waals surface area (Å²) in [4.78, 5) is 43.1. The molecule has 0 N–H and O–H groups in total. The number of hydrogen-bond acceptors (Lipinski definition) is 4. The average Bonchev–Trinajstić information content (AvgIpc) is 2.63. The molecule has 0 saturated carbocycles. The second kappa shape index (κ2) is 6.22. The van der Waals surface area contributed by atoms with Gasteiger partial charge in [0.1, 0.15) is 5.65 Å². The highest BCUT2D eigenvalue weighted by atomic mass is 16.2. The fourth-order valence-electron chi connectivity index (χ4n) is 3.35. The van der Waals surface area contributed by atoms with Gasteiger partial charge in [0.25, 0.3) is 11.5 Å². The van der Waals surface area contributed by atoms with E-state index in [0.29, 0.717) is 17.1 Å². The highest BCUT2D eigenvalue weighted by Gasteiger charge is 2.24. The van der Waals surface area contributed by atoms with Gasteiger partial charge in [-0.25, -0.2) is 9.78 Å². The monoisotopic (exact) mass is 330 g/mol. The lowest BCUT2D eigenvalue weighted by molar-refractivity contribution is 0.0671. The number of pyridine rings is 1. The molecular formula is C17H22N4O3. The van der Waals surface area contributed by atoms with E-state index in [1.54, 1.807) is 13.1 Å². The lowest BCUT2D eigenvalue weighted by Gasteiger charge is -2.32. The Morgan fingerprint density at radius 2 is 2.04 bits per heavy atom. The van der Waals surface area contributed by atoms with E-state index in [9.17, 15) is 14.4 Å². The summed E-state index contributed by atoms with van der Waals surface area (Å²) in [6, 6.07) is 1.56. The Hall–Kier alpha value is -2.44. The van der Waals surface area contributed by atoms with E-state index in [2.05, 4.69) is 11.9 Å². The number of aryl methyl sites for hydroxylation is 1. The van der Waals surface area contributed by atoms with Crippen molar-refractivity contribution >= 4 is 16.9 Å². The fourth-order valence-corrected chi connectivity index (χ4v) is 3.35. The molecule has 128 valence electrons. The maximum absolute atomic E-state index is 12.8. The van der Waals surface area contributed by atoms with Crippen LogP contribution in [0.3, 0.4) is 0 Å². The summed E-state index contributed by atoms with van der Waals surface area (Å²) in [5.74, 6) is 0.434. The summed E-state index contributed by atoms with van der Waals surface area (Å²) in [5.41, 5.74) is -0.166. The Balaban J connectivity index is 2.03. The van der Waals surface area contributed by atoms with Crippen LogP contribution in [0.2, 0.25) is 0 Å². The highest BCUT2D eigenvalue weighted by molar-refractivity contribution is 5.96. The molecule has 1 fully saturated rings. The van der Waals surface area contributed by atoms with Crippen LogP contribution in [0, 0.1) is 5.92 Å². The third-order valence-electron chi connectivity index (χ3n) is 4.92. The summed E-state index contributed by atoms with van der Waals surface area (Å²) in [5, 5.41) is 0.287. The molecule has 1 aliphatic heterocycles. The van der Waals surface area contributed by atoms with Crippen molar-refractivity contribution in [2.45, 2.75) is 26.2 Å². The molecule has 24 heavy (non-hydrogen) atoms. The zero-order valence-corrected chi connectivity index (χ0v) is 14.3. The minimum absolute atomic E-state index is 0.0987. The maximum atomic E-state index is 12.8. The van der Waals surface area contributed by atoms with Gasteiger partial charge in [-0.05, 0) is 24.8 Å². The second-order valence-corrected chi connectivity index (χ2v) is 6.47. The van der Waals surface area contributed by atoms with Gasteiger partial charge >= 0.3 is 5.69 Å². The van der Waals surface area contributed by atoms with E-state index in [1.165, 1.54) is 17.8 Å². The molecule has 0 spiro atoms. The molecule has 0 aliphatic carbocycles. The molecule has 3 heterocycles. The van der Waals surface area contributed by atoms with E-state index in [0.717, 1.165) is 36.9 Å². The molecule has 1 saturated heterocycles. The van der Waals surface area contributed by atoms with Crippen molar-refractivity contribution in [3.05, 3.63) is 38.7 Å². The summed E-state index contributed by atoms with van der Waals surface area (Å²) in [7, 11) is 2.99. The third-order valence-corrected chi connectivity index (χ3v) is 4.92. The molecular weight excluding hydrogens is 308 g/mol. The van der Waals surface area contributed by atoms with Crippen molar-refractivity contribution in [3.8, 4) is 0 Å². The summed E-state index contributed by atoms with van der Waals surface area (Å²) < 4.78 is 2.35. The van der Waals surface area contributed by atoms with Gasteiger partial charge < -0.3 is 4.90 Å². The molecule has 3 rings (SSSR count). The molecule has 0 aromatic carbocycles. The summed E-state index contributed by atoms with van der Waals surface area (Å²) in [6.45, 7) is 3.62. The van der Waals surface area contributed by atoms with Gasteiger partial charge in [-0.3, -0.25) is 18.7 Å². The first-order chi connectivity index (χ1) is 11.4. The van der Waals surface area contributed by atoms with Gasteiger partial charge in [-0.2, -0.15) is 0 Å². The maximum Gasteiger partial charge on any atom is 0.332 e. The minimum Gasteiger partial charge on any atom is -0.338 e. The first-order valence-electron chi connectivity index (χ1n) is 8.29. The van der Waals surface area contributed by atoms with Gasteiger partial charge in [0.15, 0.2) is 0 Å². The number of amides is 1. The molecule has 0 bridgehead atoms. The first-order valence-corrected chi connectivity index (χ1v) is 8.29. The number of rotatable bonds is 2. The Labute approximate surface area is 139 Å². The smallest absolute Gasteiger partial charge is 0.332 e. The number of hydrogen-bond donors (Lipinski definition) is 0. The van der Waals surface area contributed by atoms with Crippen molar-refractivity contribution in [1.29, 1.82) is 0 Å². The zero-order chi connectivity index (χ0) is 17.4. The number of carbonyl (C=O) groups excluding carboxylic acids is 1. The number of aromatic nitrogens is 3. The van der Waals surface area contributed by atoms with Gasteiger partial charge in [-0.15, -0.1) is 0 Å². The minimum atomic E-state index is -0.430. The number of likely N-dealkylation sites (tertiary alicyclic amines) is 1. The van der Waals surface area contributed by atoms with Crippen molar-refractivity contribution in [2.24, 2.45) is 20.0 Å². The van der Waals surface area contributed by atoms with Crippen LogP contribution in [0.15, 0.2) is 21.9 Å². The Morgan fingerprint density at radius 1 is 1.29 bits per heavy atom. The normalized spacial score (nSPS) is 18.1. The first kappa shape index (κ1) is 16.4. The molecule has 1 unspecified atom stereocenters. The van der Waals surface area contributed by atoms with Crippen LogP contribution in [0.4, 0.5) is 0 Å². The quantitative estimate of drug-likeness (QED) is 0.819. The molecule has 7 heteroatoms. The standard InChI is InChI=1S/C17H22N4O3/c1-4-11-6-5-7-21(10-11)15(22)12-8-13-14(18-9-12)19(2)17(24)20(3)16(13)23/h8-9,11H,4-7,10H2,1-3H3. The van der Waals surface area contributed by atoms with Crippen molar-refractivity contribution < 1.29 is 4.79 Å². The van der Waals surface area contributed by atoms with Gasteiger partial charge in [0.2, 0.25) is 0 Å². The Kier molecular flexibility index (Phi) is 4.26. The fraction of sp³-hybridized carbons (Fsp3) is 0.529. The van der Waals surface area contributed by atoms with Crippen LogP contribution < -0.4 is 11.2 Å². The Bertz CT molecular complexity index is 912. The van der Waals surface area contributed by atoms with Crippen LogP contribution in [-0.2, 0) is 14.1 Å². The summed E-state index contributed by atoms with van der Waals surface area (Å²) >= 11 is 0. The predicted octanol–water partition coefficient (Wildman–Crippen LogP) is 0.894. The highest BCUT2D eigenvalue weighted by Crippen LogP contribution is 2.21. The van der Waals surface area contributed by atoms with E-state index in [-0.39, 0.29) is 11.3 Å². The van der Waals surface area contributed by atoms with Crippen molar-refractivity contribution in [3.63, 3.8) is 0 Å². The molecule has 1 amide bonds. The van der Waals surface area contributed by atoms with Crippen LogP contribution in [0.25, 0.3) is 11.0 Å². The zero-order valence-electron chi connectivity index (χ0n) is 14.3. The lowest BCUT2D eigenvalue weighted by Crippen LogP contribution is -2.40. The van der Waals surface area contributed by atoms with E-state index in [1.807, 2.05) is 4.90 Å². The number of piperidine rings is 1. The molecule has 0 radical (unpaired) electrons. The Morgan fingerprint density at radius 3 is 2.75 bits per heavy atom. The number of carbonyl (C=O) groups is 1. The molecule has 2 aromatic rings. The molecule has 1 aliphatic rings. The second-order valence-electron chi connectivity index (χ2n) is 6.47. The van der Waals surface area contributed by atoms with E-state index < -0.39 is 11.2 Å². The third kappa shape index (κ3) is 2.64. The van der Waals surface area contributed by atoms with Crippen LogP contribution >= 0.6 is 0 Å².